The molecule has 2 aromatic rings. The largest absolute Gasteiger partial charge is 0.398 e. The number of nitrogen functional groups attached to an aromatic ring is 1. The number of nitriles is 1. The van der Waals surface area contributed by atoms with Gasteiger partial charge in [-0.05, 0) is 42.8 Å². The van der Waals surface area contributed by atoms with E-state index in [1.54, 1.807) is 13.0 Å². The highest BCUT2D eigenvalue weighted by atomic mass is 32.2. The van der Waals surface area contributed by atoms with Gasteiger partial charge in [-0.25, -0.2) is 12.8 Å². The van der Waals surface area contributed by atoms with Crippen LogP contribution < -0.4 is 5.73 Å². The van der Waals surface area contributed by atoms with Crippen molar-refractivity contribution in [3.05, 3.63) is 58.9 Å². The van der Waals surface area contributed by atoms with Crippen molar-refractivity contribution in [2.75, 3.05) is 5.73 Å². The predicted octanol–water partition coefficient (Wildman–Crippen LogP) is 2.56. The molecule has 0 unspecified atom stereocenters. The average Bonchev–Trinajstić information content (AvgIpc) is 2.44. The van der Waals surface area contributed by atoms with Crippen molar-refractivity contribution in [2.45, 2.75) is 17.6 Å². The first kappa shape index (κ1) is 15.0. The highest BCUT2D eigenvalue weighted by Crippen LogP contribution is 2.25. The van der Waals surface area contributed by atoms with Crippen LogP contribution >= 0.6 is 0 Å². The molecule has 0 amide bonds. The maximum atomic E-state index is 13.7. The van der Waals surface area contributed by atoms with Crippen LogP contribution in [0.3, 0.4) is 0 Å². The number of benzene rings is 2. The Kier molecular flexibility index (Phi) is 3.96. The number of nitrogens with two attached hydrogens (primary N) is 1. The number of hydrogen-bond acceptors (Lipinski definition) is 4. The Morgan fingerprint density at radius 3 is 2.67 bits per heavy atom. The van der Waals surface area contributed by atoms with Gasteiger partial charge in [0.05, 0.1) is 22.3 Å². The fraction of sp³-hybridized carbons (Fsp3) is 0.133. The highest BCUT2D eigenvalue weighted by Gasteiger charge is 2.20. The van der Waals surface area contributed by atoms with Gasteiger partial charge in [-0.2, -0.15) is 5.26 Å². The molecule has 2 aromatic carbocycles. The Balaban J connectivity index is 2.48. The molecule has 0 spiro atoms. The van der Waals surface area contributed by atoms with Gasteiger partial charge in [0.2, 0.25) is 0 Å². The van der Waals surface area contributed by atoms with Gasteiger partial charge in [-0.1, -0.05) is 6.07 Å². The van der Waals surface area contributed by atoms with Crippen molar-refractivity contribution in [1.82, 2.24) is 0 Å². The zero-order valence-electron chi connectivity index (χ0n) is 11.3. The normalized spacial score (nSPS) is 11.1. The summed E-state index contributed by atoms with van der Waals surface area (Å²) in [6, 6.07) is 10.1. The molecule has 0 atom stereocenters. The summed E-state index contributed by atoms with van der Waals surface area (Å²) in [5, 5.41) is 8.81. The second-order valence-corrected chi connectivity index (χ2v) is 6.61. The van der Waals surface area contributed by atoms with E-state index in [0.717, 1.165) is 6.07 Å². The van der Waals surface area contributed by atoms with Crippen molar-refractivity contribution in [3.8, 4) is 6.07 Å². The van der Waals surface area contributed by atoms with Crippen molar-refractivity contribution in [2.24, 2.45) is 0 Å². The van der Waals surface area contributed by atoms with Crippen LogP contribution in [0.1, 0.15) is 16.7 Å². The van der Waals surface area contributed by atoms with E-state index >= 15 is 0 Å². The lowest BCUT2D eigenvalue weighted by Gasteiger charge is -2.10. The smallest absolute Gasteiger partial charge is 0.182 e. The van der Waals surface area contributed by atoms with Crippen molar-refractivity contribution >= 4 is 15.5 Å². The molecule has 6 heteroatoms. The van der Waals surface area contributed by atoms with E-state index in [2.05, 4.69) is 0 Å². The first-order valence-corrected chi connectivity index (χ1v) is 7.77. The SMILES string of the molecule is Cc1c(N)cccc1S(=O)(=O)Cc1cc(C#N)ccc1F. The van der Waals surface area contributed by atoms with Crippen molar-refractivity contribution in [1.29, 1.82) is 5.26 Å². The summed E-state index contributed by atoms with van der Waals surface area (Å²) in [6.07, 6.45) is 0. The van der Waals surface area contributed by atoms with Gasteiger partial charge >= 0.3 is 0 Å². The van der Waals surface area contributed by atoms with E-state index in [4.69, 9.17) is 11.0 Å². The van der Waals surface area contributed by atoms with Gasteiger partial charge < -0.3 is 5.73 Å². The lowest BCUT2D eigenvalue weighted by molar-refractivity contribution is 0.586. The van der Waals surface area contributed by atoms with E-state index < -0.39 is 21.4 Å². The Morgan fingerprint density at radius 2 is 2.00 bits per heavy atom. The maximum absolute atomic E-state index is 13.7. The summed E-state index contributed by atoms with van der Waals surface area (Å²) < 4.78 is 38.6. The molecule has 0 saturated carbocycles. The Hall–Kier alpha value is -2.39. The van der Waals surface area contributed by atoms with Gasteiger partial charge in [0, 0.05) is 11.3 Å². The van der Waals surface area contributed by atoms with E-state index in [1.165, 1.54) is 24.3 Å². The monoisotopic (exact) mass is 304 g/mol. The number of sulfone groups is 1. The Labute approximate surface area is 122 Å². The molecule has 2 N–H and O–H groups in total. The van der Waals surface area contributed by atoms with Crippen LogP contribution in [0.2, 0.25) is 0 Å². The first-order chi connectivity index (χ1) is 9.85. The Bertz CT molecular complexity index is 839. The van der Waals surface area contributed by atoms with Crippen LogP contribution in [0.15, 0.2) is 41.3 Å². The summed E-state index contributed by atoms with van der Waals surface area (Å²) in [4.78, 5) is 0.0734. The summed E-state index contributed by atoms with van der Waals surface area (Å²) in [5.74, 6) is -1.17. The van der Waals surface area contributed by atoms with Crippen LogP contribution in [0.25, 0.3) is 0 Å². The zero-order chi connectivity index (χ0) is 15.6. The third-order valence-electron chi connectivity index (χ3n) is 3.18. The summed E-state index contributed by atoms with van der Waals surface area (Å²) in [7, 11) is -3.74. The van der Waals surface area contributed by atoms with Crippen LogP contribution in [0.5, 0.6) is 0 Å². The summed E-state index contributed by atoms with van der Waals surface area (Å²) >= 11 is 0. The van der Waals surface area contributed by atoms with Crippen LogP contribution in [-0.2, 0) is 15.6 Å². The molecule has 4 nitrogen and oxygen atoms in total. The second-order valence-electron chi connectivity index (χ2n) is 4.65. The van der Waals surface area contributed by atoms with E-state index in [0.29, 0.717) is 11.3 Å². The number of anilines is 1. The second kappa shape index (κ2) is 5.54. The Morgan fingerprint density at radius 1 is 1.29 bits per heavy atom. The third kappa shape index (κ3) is 3.03. The molecule has 0 radical (unpaired) electrons. The van der Waals surface area contributed by atoms with E-state index in [-0.39, 0.29) is 16.0 Å². The minimum Gasteiger partial charge on any atom is -0.398 e. The molecule has 2 rings (SSSR count). The summed E-state index contributed by atoms with van der Waals surface area (Å²) in [6.45, 7) is 1.60. The molecule has 0 aliphatic carbocycles. The fourth-order valence-electron chi connectivity index (χ4n) is 2.01. The minimum absolute atomic E-state index is 0.0316. The standard InChI is InChI=1S/C15H13FN2O2S/c1-10-14(18)3-2-4-15(10)21(19,20)9-12-7-11(8-17)5-6-13(12)16/h2-7H,9,18H2,1H3. The topological polar surface area (TPSA) is 84.0 Å². The van der Waals surface area contributed by atoms with Gasteiger partial charge in [0.25, 0.3) is 0 Å². The summed E-state index contributed by atoms with van der Waals surface area (Å²) in [5.41, 5.74) is 6.69. The fourth-order valence-corrected chi connectivity index (χ4v) is 3.66. The number of rotatable bonds is 3. The molecular weight excluding hydrogens is 291 g/mol. The molecule has 0 bridgehead atoms. The number of halogens is 1. The van der Waals surface area contributed by atoms with Gasteiger partial charge in [-0.15, -0.1) is 0 Å². The van der Waals surface area contributed by atoms with Gasteiger partial charge in [0.15, 0.2) is 9.84 Å². The third-order valence-corrected chi connectivity index (χ3v) is 4.98. The van der Waals surface area contributed by atoms with E-state index in [9.17, 15) is 12.8 Å². The van der Waals surface area contributed by atoms with Crippen molar-refractivity contribution < 1.29 is 12.8 Å². The minimum atomic E-state index is -3.74. The maximum Gasteiger partial charge on any atom is 0.182 e. The lowest BCUT2D eigenvalue weighted by atomic mass is 10.1. The van der Waals surface area contributed by atoms with Crippen LogP contribution in [0, 0.1) is 24.1 Å². The first-order valence-electron chi connectivity index (χ1n) is 6.11. The number of nitrogens with zero attached hydrogens (tertiary/aromatic N) is 1. The molecule has 0 aliphatic rings. The van der Waals surface area contributed by atoms with Gasteiger partial charge in [0.1, 0.15) is 5.82 Å². The molecule has 0 heterocycles. The zero-order valence-corrected chi connectivity index (χ0v) is 12.1. The molecule has 108 valence electrons. The quantitative estimate of drug-likeness (QED) is 0.883. The highest BCUT2D eigenvalue weighted by molar-refractivity contribution is 7.90. The number of hydrogen-bond donors (Lipinski definition) is 1. The van der Waals surface area contributed by atoms with Crippen LogP contribution in [0.4, 0.5) is 10.1 Å². The lowest BCUT2D eigenvalue weighted by Crippen LogP contribution is -2.09. The van der Waals surface area contributed by atoms with Crippen molar-refractivity contribution in [3.63, 3.8) is 0 Å². The predicted molar refractivity (Wildman–Crippen MR) is 77.6 cm³/mol. The molecule has 0 saturated heterocycles. The van der Waals surface area contributed by atoms with Gasteiger partial charge in [-0.3, -0.25) is 0 Å². The average molecular weight is 304 g/mol. The molecule has 0 fully saturated rings. The molecule has 0 aliphatic heterocycles. The molecular formula is C15H13FN2O2S. The van der Waals surface area contributed by atoms with Crippen LogP contribution in [-0.4, -0.2) is 8.42 Å². The molecule has 21 heavy (non-hydrogen) atoms. The van der Waals surface area contributed by atoms with E-state index in [1.807, 2.05) is 6.07 Å². The molecule has 0 aromatic heterocycles.